The molecule has 1 aromatic heterocycles. The molecule has 0 bridgehead atoms. The molecule has 3 aromatic rings. The second-order valence-corrected chi connectivity index (χ2v) is 6.53. The molecule has 134 valence electrons. The largest absolute Gasteiger partial charge is 0.497 e. The normalized spacial score (nSPS) is 10.7. The fraction of sp³-hybridized carbons (Fsp3) is 0.304. The molecule has 0 radical (unpaired) electrons. The number of hydrogen-bond donors (Lipinski definition) is 0. The molecule has 2 aromatic carbocycles. The van der Waals surface area contributed by atoms with Crippen molar-refractivity contribution in [1.82, 2.24) is 9.97 Å². The lowest BCUT2D eigenvalue weighted by atomic mass is 10.0. The van der Waals surface area contributed by atoms with Crippen LogP contribution in [0.25, 0.3) is 22.5 Å². The summed E-state index contributed by atoms with van der Waals surface area (Å²) in [4.78, 5) is 9.04. The Kier molecular flexibility index (Phi) is 6.37. The minimum Gasteiger partial charge on any atom is -0.497 e. The summed E-state index contributed by atoms with van der Waals surface area (Å²) in [5.41, 5.74) is 4.59. The lowest BCUT2D eigenvalue weighted by Crippen LogP contribution is -1.91. The highest BCUT2D eigenvalue weighted by atomic mass is 16.5. The van der Waals surface area contributed by atoms with Crippen LogP contribution < -0.4 is 4.74 Å². The van der Waals surface area contributed by atoms with Gasteiger partial charge in [-0.05, 0) is 48.2 Å². The van der Waals surface area contributed by atoms with E-state index in [9.17, 15) is 0 Å². The molecule has 0 amide bonds. The third-order valence-corrected chi connectivity index (χ3v) is 4.61. The van der Waals surface area contributed by atoms with E-state index in [2.05, 4.69) is 41.2 Å². The molecule has 3 nitrogen and oxygen atoms in total. The van der Waals surface area contributed by atoms with Crippen LogP contribution >= 0.6 is 0 Å². The molecule has 0 N–H and O–H groups in total. The van der Waals surface area contributed by atoms with E-state index in [-0.39, 0.29) is 0 Å². The van der Waals surface area contributed by atoms with Crippen LogP contribution in [-0.2, 0) is 6.42 Å². The monoisotopic (exact) mass is 346 g/mol. The molecule has 1 heterocycles. The molecule has 0 aliphatic carbocycles. The Morgan fingerprint density at radius 1 is 0.731 bits per heavy atom. The van der Waals surface area contributed by atoms with Crippen molar-refractivity contribution in [3.05, 3.63) is 66.5 Å². The first-order valence-electron chi connectivity index (χ1n) is 9.36. The van der Waals surface area contributed by atoms with E-state index in [4.69, 9.17) is 4.74 Å². The molecule has 26 heavy (non-hydrogen) atoms. The van der Waals surface area contributed by atoms with Gasteiger partial charge in [0.2, 0.25) is 0 Å². The zero-order valence-corrected chi connectivity index (χ0v) is 15.6. The van der Waals surface area contributed by atoms with Crippen LogP contribution in [0, 0.1) is 0 Å². The number of benzene rings is 2. The molecule has 0 spiro atoms. The van der Waals surface area contributed by atoms with E-state index in [1.807, 2.05) is 36.7 Å². The fourth-order valence-corrected chi connectivity index (χ4v) is 2.99. The van der Waals surface area contributed by atoms with Gasteiger partial charge in [0.25, 0.3) is 0 Å². The molecule has 3 heteroatoms. The number of rotatable bonds is 8. The van der Waals surface area contributed by atoms with Crippen LogP contribution in [0.1, 0.15) is 38.2 Å². The Morgan fingerprint density at radius 2 is 1.38 bits per heavy atom. The number of methoxy groups -OCH3 is 1. The molecule has 0 atom stereocenters. The Bertz CT molecular complexity index is 793. The highest BCUT2D eigenvalue weighted by Gasteiger charge is 2.04. The maximum atomic E-state index is 5.19. The zero-order chi connectivity index (χ0) is 18.2. The highest BCUT2D eigenvalue weighted by molar-refractivity contribution is 5.64. The fourth-order valence-electron chi connectivity index (χ4n) is 2.99. The summed E-state index contributed by atoms with van der Waals surface area (Å²) >= 11 is 0. The topological polar surface area (TPSA) is 35.0 Å². The number of hydrogen-bond acceptors (Lipinski definition) is 3. The van der Waals surface area contributed by atoms with Crippen molar-refractivity contribution >= 4 is 0 Å². The number of unbranched alkanes of at least 4 members (excludes halogenated alkanes) is 3. The number of nitrogens with zero attached hydrogens (tertiary/aromatic N) is 2. The van der Waals surface area contributed by atoms with Crippen LogP contribution in [0.4, 0.5) is 0 Å². The first-order chi connectivity index (χ1) is 12.8. The van der Waals surface area contributed by atoms with Crippen molar-refractivity contribution in [2.24, 2.45) is 0 Å². The Morgan fingerprint density at radius 3 is 2.00 bits per heavy atom. The van der Waals surface area contributed by atoms with Gasteiger partial charge in [-0.3, -0.25) is 0 Å². The molecule has 0 saturated carbocycles. The molecule has 0 aliphatic heterocycles. The van der Waals surface area contributed by atoms with Gasteiger partial charge in [-0.1, -0.05) is 50.5 Å². The lowest BCUT2D eigenvalue weighted by Gasteiger charge is -2.06. The number of aromatic nitrogens is 2. The summed E-state index contributed by atoms with van der Waals surface area (Å²) in [5.74, 6) is 1.56. The number of aryl methyl sites for hydroxylation is 1. The zero-order valence-electron chi connectivity index (χ0n) is 15.6. The molecule has 0 aliphatic rings. The smallest absolute Gasteiger partial charge is 0.159 e. The number of ether oxygens (including phenoxy) is 1. The van der Waals surface area contributed by atoms with E-state index in [0.717, 1.165) is 34.7 Å². The summed E-state index contributed by atoms with van der Waals surface area (Å²) < 4.78 is 5.19. The summed E-state index contributed by atoms with van der Waals surface area (Å²) in [6, 6.07) is 16.6. The summed E-state index contributed by atoms with van der Waals surface area (Å²) in [6.45, 7) is 2.25. The van der Waals surface area contributed by atoms with Gasteiger partial charge in [-0.2, -0.15) is 0 Å². The Labute approximate surface area is 156 Å². The van der Waals surface area contributed by atoms with Gasteiger partial charge in [-0.15, -0.1) is 0 Å². The SMILES string of the molecule is CCCCCCc1ccc(-c2cnc(-c3ccc(OC)cc3)nc2)cc1. The van der Waals surface area contributed by atoms with Crippen LogP contribution in [0.15, 0.2) is 60.9 Å². The molecule has 3 rings (SSSR count). The van der Waals surface area contributed by atoms with E-state index in [1.165, 1.54) is 31.2 Å². The Balaban J connectivity index is 1.66. The third-order valence-electron chi connectivity index (χ3n) is 4.61. The van der Waals surface area contributed by atoms with Crippen molar-refractivity contribution in [2.45, 2.75) is 39.0 Å². The summed E-state index contributed by atoms with van der Waals surface area (Å²) in [6.07, 6.45) is 10.1. The van der Waals surface area contributed by atoms with E-state index in [1.54, 1.807) is 7.11 Å². The maximum Gasteiger partial charge on any atom is 0.159 e. The van der Waals surface area contributed by atoms with Gasteiger partial charge in [0.05, 0.1) is 7.11 Å². The second-order valence-electron chi connectivity index (χ2n) is 6.53. The van der Waals surface area contributed by atoms with Crippen molar-refractivity contribution in [3.8, 4) is 28.3 Å². The van der Waals surface area contributed by atoms with Gasteiger partial charge < -0.3 is 4.74 Å². The minimum atomic E-state index is 0.726. The predicted octanol–water partition coefficient (Wildman–Crippen LogP) is 5.94. The van der Waals surface area contributed by atoms with Crippen LogP contribution in [0.2, 0.25) is 0 Å². The maximum absolute atomic E-state index is 5.19. The molecule has 0 unspecified atom stereocenters. The van der Waals surface area contributed by atoms with Crippen molar-refractivity contribution in [3.63, 3.8) is 0 Å². The van der Waals surface area contributed by atoms with E-state index >= 15 is 0 Å². The van der Waals surface area contributed by atoms with Gasteiger partial charge in [0.1, 0.15) is 5.75 Å². The average Bonchev–Trinajstić information content (AvgIpc) is 2.72. The predicted molar refractivity (Wildman–Crippen MR) is 107 cm³/mol. The lowest BCUT2D eigenvalue weighted by molar-refractivity contribution is 0.415. The molecular weight excluding hydrogens is 320 g/mol. The standard InChI is InChI=1S/C23H26N2O/c1-3-4-5-6-7-18-8-10-19(11-9-18)21-16-24-23(25-17-21)20-12-14-22(26-2)15-13-20/h8-17H,3-7H2,1-2H3. The summed E-state index contributed by atoms with van der Waals surface area (Å²) in [7, 11) is 1.66. The van der Waals surface area contributed by atoms with Crippen molar-refractivity contribution < 1.29 is 4.74 Å². The first kappa shape index (κ1) is 18.1. The van der Waals surface area contributed by atoms with Crippen molar-refractivity contribution in [1.29, 1.82) is 0 Å². The quantitative estimate of drug-likeness (QED) is 0.473. The van der Waals surface area contributed by atoms with Gasteiger partial charge in [0, 0.05) is 23.5 Å². The van der Waals surface area contributed by atoms with Gasteiger partial charge in [-0.25, -0.2) is 9.97 Å². The van der Waals surface area contributed by atoms with E-state index < -0.39 is 0 Å². The second kappa shape index (κ2) is 9.14. The summed E-state index contributed by atoms with van der Waals surface area (Å²) in [5, 5.41) is 0. The van der Waals surface area contributed by atoms with Crippen LogP contribution in [-0.4, -0.2) is 17.1 Å². The van der Waals surface area contributed by atoms with Crippen LogP contribution in [0.5, 0.6) is 5.75 Å². The van der Waals surface area contributed by atoms with Crippen molar-refractivity contribution in [2.75, 3.05) is 7.11 Å². The Hall–Kier alpha value is -2.68. The third kappa shape index (κ3) is 4.69. The van der Waals surface area contributed by atoms with Gasteiger partial charge >= 0.3 is 0 Å². The first-order valence-corrected chi connectivity index (χ1v) is 9.36. The molecule has 0 saturated heterocycles. The average molecular weight is 346 g/mol. The molecular formula is C23H26N2O. The van der Waals surface area contributed by atoms with E-state index in [0.29, 0.717) is 0 Å². The minimum absolute atomic E-state index is 0.726. The molecule has 0 fully saturated rings. The highest BCUT2D eigenvalue weighted by Crippen LogP contribution is 2.23. The van der Waals surface area contributed by atoms with Crippen LogP contribution in [0.3, 0.4) is 0 Å². The van der Waals surface area contributed by atoms with Gasteiger partial charge in [0.15, 0.2) is 5.82 Å².